The summed E-state index contributed by atoms with van der Waals surface area (Å²) in [5, 5.41) is 0.644. The maximum atomic E-state index is 12.4. The molecule has 0 aliphatic heterocycles. The van der Waals surface area contributed by atoms with Gasteiger partial charge in [-0.1, -0.05) is 11.6 Å². The number of pyridine rings is 1. The highest BCUT2D eigenvalue weighted by Crippen LogP contribution is 2.13. The molecule has 4 heteroatoms. The van der Waals surface area contributed by atoms with Crippen LogP contribution in [0.3, 0.4) is 0 Å². The molecule has 0 aliphatic carbocycles. The molecule has 0 saturated carbocycles. The van der Waals surface area contributed by atoms with Gasteiger partial charge in [0.25, 0.3) is 0 Å². The Labute approximate surface area is 130 Å². The Balaban J connectivity index is 1.93. The van der Waals surface area contributed by atoms with Gasteiger partial charge in [-0.05, 0) is 62.4 Å². The summed E-state index contributed by atoms with van der Waals surface area (Å²) in [6, 6.07) is 10.9. The van der Waals surface area contributed by atoms with E-state index >= 15 is 0 Å². The number of aromatic nitrogens is 1. The molecule has 0 bridgehead atoms. The third kappa shape index (κ3) is 4.38. The molecule has 1 heterocycles. The van der Waals surface area contributed by atoms with Gasteiger partial charge >= 0.3 is 0 Å². The zero-order valence-electron chi connectivity index (χ0n) is 12.3. The topological polar surface area (TPSA) is 33.2 Å². The third-order valence-electron chi connectivity index (χ3n) is 3.67. The Morgan fingerprint density at radius 2 is 1.81 bits per heavy atom. The van der Waals surface area contributed by atoms with Gasteiger partial charge < -0.3 is 0 Å². The highest BCUT2D eigenvalue weighted by molar-refractivity contribution is 6.30. The maximum absolute atomic E-state index is 12.4. The van der Waals surface area contributed by atoms with Crippen molar-refractivity contribution in [2.75, 3.05) is 13.6 Å². The van der Waals surface area contributed by atoms with Crippen LogP contribution in [-0.2, 0) is 6.42 Å². The molecule has 1 unspecified atom stereocenters. The summed E-state index contributed by atoms with van der Waals surface area (Å²) in [5.41, 5.74) is 1.92. The fourth-order valence-electron chi connectivity index (χ4n) is 2.10. The number of ketones is 1. The standard InChI is InChI=1S/C17H19ClN2O/c1-13(17(21)15-3-5-16(18)6-4-15)20(2)12-9-14-7-10-19-11-8-14/h3-8,10-11,13H,9,12H2,1-2H3. The van der Waals surface area contributed by atoms with Crippen LogP contribution in [0.5, 0.6) is 0 Å². The highest BCUT2D eigenvalue weighted by atomic mass is 35.5. The molecule has 0 spiro atoms. The lowest BCUT2D eigenvalue weighted by atomic mass is 10.0. The maximum Gasteiger partial charge on any atom is 0.179 e. The first kappa shape index (κ1) is 15.7. The molecule has 0 aliphatic rings. The summed E-state index contributed by atoms with van der Waals surface area (Å²) in [5.74, 6) is 0.115. The van der Waals surface area contributed by atoms with Gasteiger partial charge in [0.15, 0.2) is 5.78 Å². The molecule has 1 aromatic carbocycles. The van der Waals surface area contributed by atoms with Gasteiger partial charge in [-0.25, -0.2) is 0 Å². The number of benzene rings is 1. The summed E-state index contributed by atoms with van der Waals surface area (Å²) in [6.07, 6.45) is 4.48. The Morgan fingerprint density at radius 1 is 1.19 bits per heavy atom. The van der Waals surface area contributed by atoms with Crippen LogP contribution < -0.4 is 0 Å². The second-order valence-corrected chi connectivity index (χ2v) is 5.57. The third-order valence-corrected chi connectivity index (χ3v) is 3.92. The van der Waals surface area contributed by atoms with Crippen molar-refractivity contribution in [2.45, 2.75) is 19.4 Å². The molecule has 1 atom stereocenters. The Bertz CT molecular complexity index is 583. The molecule has 0 N–H and O–H groups in total. The minimum absolute atomic E-state index is 0.115. The molecule has 0 saturated heterocycles. The first-order chi connectivity index (χ1) is 10.1. The fourth-order valence-corrected chi connectivity index (χ4v) is 2.23. The van der Waals surface area contributed by atoms with E-state index < -0.39 is 0 Å². The number of hydrogen-bond acceptors (Lipinski definition) is 3. The van der Waals surface area contributed by atoms with Crippen LogP contribution >= 0.6 is 11.6 Å². The van der Waals surface area contributed by atoms with Crippen LogP contribution in [0.15, 0.2) is 48.8 Å². The van der Waals surface area contributed by atoms with E-state index in [1.54, 1.807) is 36.7 Å². The quantitative estimate of drug-likeness (QED) is 0.766. The van der Waals surface area contributed by atoms with E-state index in [0.717, 1.165) is 13.0 Å². The van der Waals surface area contributed by atoms with E-state index in [1.807, 2.05) is 26.1 Å². The molecule has 0 amide bonds. The van der Waals surface area contributed by atoms with Gasteiger partial charge in [0.05, 0.1) is 6.04 Å². The Hall–Kier alpha value is -1.71. The molecule has 3 nitrogen and oxygen atoms in total. The smallest absolute Gasteiger partial charge is 0.179 e. The van der Waals surface area contributed by atoms with Crippen molar-refractivity contribution in [1.82, 2.24) is 9.88 Å². The van der Waals surface area contributed by atoms with Crippen LogP contribution in [0, 0.1) is 0 Å². The molecule has 2 aromatic rings. The van der Waals surface area contributed by atoms with E-state index in [2.05, 4.69) is 9.88 Å². The van der Waals surface area contributed by atoms with Crippen molar-refractivity contribution in [1.29, 1.82) is 0 Å². The number of halogens is 1. The first-order valence-corrected chi connectivity index (χ1v) is 7.34. The number of likely N-dealkylation sites (N-methyl/N-ethyl adjacent to an activating group) is 1. The zero-order valence-corrected chi connectivity index (χ0v) is 13.0. The number of hydrogen-bond donors (Lipinski definition) is 0. The predicted molar refractivity (Wildman–Crippen MR) is 85.8 cm³/mol. The summed E-state index contributed by atoms with van der Waals surface area (Å²) < 4.78 is 0. The van der Waals surface area contributed by atoms with Crippen LogP contribution in [0.1, 0.15) is 22.8 Å². The van der Waals surface area contributed by atoms with Gasteiger partial charge in [-0.15, -0.1) is 0 Å². The summed E-state index contributed by atoms with van der Waals surface area (Å²) in [4.78, 5) is 18.5. The monoisotopic (exact) mass is 302 g/mol. The molecular formula is C17H19ClN2O. The van der Waals surface area contributed by atoms with Gasteiger partial charge in [0, 0.05) is 29.5 Å². The summed E-state index contributed by atoms with van der Waals surface area (Å²) in [7, 11) is 1.97. The average molecular weight is 303 g/mol. The minimum Gasteiger partial charge on any atom is -0.296 e. The van der Waals surface area contributed by atoms with Crippen molar-refractivity contribution in [3.05, 3.63) is 64.9 Å². The van der Waals surface area contributed by atoms with Gasteiger partial charge in [0.2, 0.25) is 0 Å². The number of Topliss-reactive ketones (excluding diaryl/α,β-unsaturated/α-hetero) is 1. The number of carbonyl (C=O) groups excluding carboxylic acids is 1. The SMILES string of the molecule is CC(C(=O)c1ccc(Cl)cc1)N(C)CCc1ccncc1. The molecule has 2 rings (SSSR count). The largest absolute Gasteiger partial charge is 0.296 e. The average Bonchev–Trinajstić information content (AvgIpc) is 2.53. The lowest BCUT2D eigenvalue weighted by Crippen LogP contribution is -2.37. The van der Waals surface area contributed by atoms with E-state index in [0.29, 0.717) is 10.6 Å². The number of nitrogens with zero attached hydrogens (tertiary/aromatic N) is 2. The van der Waals surface area contributed by atoms with Crippen LogP contribution in [-0.4, -0.2) is 35.3 Å². The van der Waals surface area contributed by atoms with Crippen molar-refractivity contribution in [3.8, 4) is 0 Å². The predicted octanol–water partition coefficient (Wildman–Crippen LogP) is 3.48. The van der Waals surface area contributed by atoms with Crippen LogP contribution in [0.2, 0.25) is 5.02 Å². The lowest BCUT2D eigenvalue weighted by molar-refractivity contribution is 0.0870. The van der Waals surface area contributed by atoms with Crippen molar-refractivity contribution in [3.63, 3.8) is 0 Å². The van der Waals surface area contributed by atoms with Crippen LogP contribution in [0.25, 0.3) is 0 Å². The highest BCUT2D eigenvalue weighted by Gasteiger charge is 2.19. The Morgan fingerprint density at radius 3 is 2.43 bits per heavy atom. The second kappa shape index (κ2) is 7.34. The van der Waals surface area contributed by atoms with Gasteiger partial charge in [-0.2, -0.15) is 0 Å². The first-order valence-electron chi connectivity index (χ1n) is 6.97. The van der Waals surface area contributed by atoms with E-state index in [1.165, 1.54) is 5.56 Å². The van der Waals surface area contributed by atoms with E-state index in [9.17, 15) is 4.79 Å². The number of rotatable bonds is 6. The molecule has 21 heavy (non-hydrogen) atoms. The summed E-state index contributed by atoms with van der Waals surface area (Å²) >= 11 is 5.85. The lowest BCUT2D eigenvalue weighted by Gasteiger charge is -2.23. The van der Waals surface area contributed by atoms with E-state index in [-0.39, 0.29) is 11.8 Å². The molecule has 0 fully saturated rings. The molecule has 0 radical (unpaired) electrons. The van der Waals surface area contributed by atoms with Crippen LogP contribution in [0.4, 0.5) is 0 Å². The van der Waals surface area contributed by atoms with Gasteiger partial charge in [-0.3, -0.25) is 14.7 Å². The molecular weight excluding hydrogens is 284 g/mol. The zero-order chi connectivity index (χ0) is 15.2. The second-order valence-electron chi connectivity index (χ2n) is 5.13. The van der Waals surface area contributed by atoms with Crippen molar-refractivity contribution < 1.29 is 4.79 Å². The van der Waals surface area contributed by atoms with E-state index in [4.69, 9.17) is 11.6 Å². The minimum atomic E-state index is -0.159. The van der Waals surface area contributed by atoms with Crippen molar-refractivity contribution >= 4 is 17.4 Å². The van der Waals surface area contributed by atoms with Crippen molar-refractivity contribution in [2.24, 2.45) is 0 Å². The number of carbonyl (C=O) groups is 1. The molecule has 1 aromatic heterocycles. The summed E-state index contributed by atoms with van der Waals surface area (Å²) in [6.45, 7) is 2.76. The fraction of sp³-hybridized carbons (Fsp3) is 0.294. The molecule has 110 valence electrons. The normalized spacial score (nSPS) is 12.4. The van der Waals surface area contributed by atoms with Gasteiger partial charge in [0.1, 0.15) is 0 Å². The Kier molecular flexibility index (Phi) is 5.48.